The van der Waals surface area contributed by atoms with Crippen LogP contribution in [0.1, 0.15) is 12.0 Å². The molecule has 0 saturated heterocycles. The number of halogens is 2. The average molecular weight is 242 g/mol. The van der Waals surface area contributed by atoms with Gasteiger partial charge in [0, 0.05) is 19.5 Å². The van der Waals surface area contributed by atoms with Crippen LogP contribution in [-0.4, -0.2) is 30.3 Å². The van der Waals surface area contributed by atoms with Crippen LogP contribution in [0.25, 0.3) is 0 Å². The molecule has 1 aromatic rings. The molecule has 3 nitrogen and oxygen atoms in total. The number of rotatable bonds is 6. The average Bonchev–Trinajstić information content (AvgIpc) is 2.29. The first kappa shape index (κ1) is 13.6. The molecule has 5 heteroatoms. The Balaban J connectivity index is 2.66. The highest BCUT2D eigenvalue weighted by Crippen LogP contribution is 2.08. The Morgan fingerprint density at radius 1 is 1.29 bits per heavy atom. The summed E-state index contributed by atoms with van der Waals surface area (Å²) in [6.07, 6.45) is -2.43. The zero-order valence-electron chi connectivity index (χ0n) is 9.48. The Kier molecular flexibility index (Phi) is 5.56. The van der Waals surface area contributed by atoms with Gasteiger partial charge in [0.25, 0.3) is 6.43 Å². The third-order valence-electron chi connectivity index (χ3n) is 2.29. The van der Waals surface area contributed by atoms with E-state index in [4.69, 9.17) is 5.73 Å². The minimum absolute atomic E-state index is 0.0968. The Bertz CT molecular complexity index is 344. The first-order valence-electron chi connectivity index (χ1n) is 5.43. The molecule has 2 N–H and O–H groups in total. The van der Waals surface area contributed by atoms with Crippen molar-refractivity contribution in [1.82, 2.24) is 4.90 Å². The molecule has 94 valence electrons. The molecule has 0 unspecified atom stereocenters. The van der Waals surface area contributed by atoms with Gasteiger partial charge in [-0.05, 0) is 5.56 Å². The van der Waals surface area contributed by atoms with Crippen molar-refractivity contribution in [1.29, 1.82) is 0 Å². The van der Waals surface area contributed by atoms with Crippen LogP contribution in [0.15, 0.2) is 30.3 Å². The molecule has 0 aromatic heterocycles. The van der Waals surface area contributed by atoms with E-state index in [1.807, 2.05) is 18.2 Å². The van der Waals surface area contributed by atoms with E-state index in [-0.39, 0.29) is 25.4 Å². The second-order valence-electron chi connectivity index (χ2n) is 3.69. The molecule has 0 bridgehead atoms. The lowest BCUT2D eigenvalue weighted by Gasteiger charge is -2.22. The molecule has 17 heavy (non-hydrogen) atoms. The van der Waals surface area contributed by atoms with E-state index in [2.05, 4.69) is 0 Å². The van der Waals surface area contributed by atoms with Crippen molar-refractivity contribution in [2.24, 2.45) is 5.73 Å². The number of carbonyl (C=O) groups is 1. The molecule has 0 aliphatic rings. The van der Waals surface area contributed by atoms with Crippen LogP contribution in [-0.2, 0) is 11.3 Å². The molecule has 0 aliphatic heterocycles. The maximum absolute atomic E-state index is 12.4. The van der Waals surface area contributed by atoms with E-state index >= 15 is 0 Å². The van der Waals surface area contributed by atoms with Crippen LogP contribution in [0.5, 0.6) is 0 Å². The monoisotopic (exact) mass is 242 g/mol. The molecule has 0 saturated carbocycles. The van der Waals surface area contributed by atoms with E-state index in [0.29, 0.717) is 0 Å². The summed E-state index contributed by atoms with van der Waals surface area (Å²) in [5, 5.41) is 0. The number of nitrogens with zero attached hydrogens (tertiary/aromatic N) is 1. The van der Waals surface area contributed by atoms with Gasteiger partial charge in [0.1, 0.15) is 0 Å². The Hall–Kier alpha value is -1.49. The lowest BCUT2D eigenvalue weighted by atomic mass is 10.2. The van der Waals surface area contributed by atoms with Crippen LogP contribution >= 0.6 is 0 Å². The number of alkyl halides is 2. The number of hydrogen-bond donors (Lipinski definition) is 1. The minimum atomic E-state index is -2.53. The van der Waals surface area contributed by atoms with Crippen molar-refractivity contribution >= 4 is 5.91 Å². The van der Waals surface area contributed by atoms with Gasteiger partial charge in [0.05, 0.1) is 6.54 Å². The maximum Gasteiger partial charge on any atom is 0.255 e. The predicted octanol–water partition coefficient (Wildman–Crippen LogP) is 1.63. The Labute approximate surface area is 99.2 Å². The van der Waals surface area contributed by atoms with E-state index in [1.165, 1.54) is 0 Å². The van der Waals surface area contributed by atoms with Gasteiger partial charge in [-0.2, -0.15) is 0 Å². The highest BCUT2D eigenvalue weighted by molar-refractivity contribution is 5.76. The zero-order chi connectivity index (χ0) is 12.7. The second kappa shape index (κ2) is 6.96. The summed E-state index contributed by atoms with van der Waals surface area (Å²) < 4.78 is 24.7. The van der Waals surface area contributed by atoms with Crippen molar-refractivity contribution in [2.45, 2.75) is 19.4 Å². The SMILES string of the molecule is NCCC(=O)N(Cc1ccccc1)CC(F)F. The molecular weight excluding hydrogens is 226 g/mol. The fraction of sp³-hybridized carbons (Fsp3) is 0.417. The van der Waals surface area contributed by atoms with Gasteiger partial charge in [0.2, 0.25) is 5.91 Å². The van der Waals surface area contributed by atoms with E-state index in [0.717, 1.165) is 10.5 Å². The van der Waals surface area contributed by atoms with Gasteiger partial charge < -0.3 is 10.6 Å². The summed E-state index contributed by atoms with van der Waals surface area (Å²) >= 11 is 0. The van der Waals surface area contributed by atoms with Gasteiger partial charge in [0.15, 0.2) is 0 Å². The maximum atomic E-state index is 12.4. The fourth-order valence-corrected chi connectivity index (χ4v) is 1.51. The second-order valence-corrected chi connectivity index (χ2v) is 3.69. The molecule has 0 heterocycles. The molecule has 1 amide bonds. The summed E-state index contributed by atoms with van der Waals surface area (Å²) in [5.74, 6) is -0.336. The van der Waals surface area contributed by atoms with Gasteiger partial charge in [-0.1, -0.05) is 30.3 Å². The number of benzene rings is 1. The molecule has 0 spiro atoms. The van der Waals surface area contributed by atoms with E-state index in [9.17, 15) is 13.6 Å². The minimum Gasteiger partial charge on any atom is -0.333 e. The van der Waals surface area contributed by atoms with Crippen molar-refractivity contribution in [3.63, 3.8) is 0 Å². The van der Waals surface area contributed by atoms with Crippen molar-refractivity contribution in [2.75, 3.05) is 13.1 Å². The van der Waals surface area contributed by atoms with Gasteiger partial charge in [-0.3, -0.25) is 4.79 Å². The molecular formula is C12H16F2N2O. The highest BCUT2D eigenvalue weighted by Gasteiger charge is 2.17. The topological polar surface area (TPSA) is 46.3 Å². The molecule has 0 radical (unpaired) electrons. The quantitative estimate of drug-likeness (QED) is 0.824. The summed E-state index contributed by atoms with van der Waals surface area (Å²) in [7, 11) is 0. The summed E-state index contributed by atoms with van der Waals surface area (Å²) in [6.45, 7) is -0.175. The van der Waals surface area contributed by atoms with Crippen LogP contribution in [0, 0.1) is 0 Å². The molecule has 1 rings (SSSR count). The highest BCUT2D eigenvalue weighted by atomic mass is 19.3. The smallest absolute Gasteiger partial charge is 0.255 e. The fourth-order valence-electron chi connectivity index (χ4n) is 1.51. The summed E-state index contributed by atoms with van der Waals surface area (Å²) in [5.41, 5.74) is 6.09. The van der Waals surface area contributed by atoms with Gasteiger partial charge in [-0.15, -0.1) is 0 Å². The summed E-state index contributed by atoms with van der Waals surface area (Å²) in [4.78, 5) is 12.7. The number of amides is 1. The lowest BCUT2D eigenvalue weighted by molar-refractivity contribution is -0.133. The lowest BCUT2D eigenvalue weighted by Crippen LogP contribution is -2.35. The van der Waals surface area contributed by atoms with Crippen LogP contribution in [0.2, 0.25) is 0 Å². The first-order valence-corrected chi connectivity index (χ1v) is 5.43. The van der Waals surface area contributed by atoms with Crippen LogP contribution in [0.3, 0.4) is 0 Å². The molecule has 0 aliphatic carbocycles. The van der Waals surface area contributed by atoms with E-state index < -0.39 is 13.0 Å². The largest absolute Gasteiger partial charge is 0.333 e. The Morgan fingerprint density at radius 3 is 2.47 bits per heavy atom. The summed E-state index contributed by atoms with van der Waals surface area (Å²) in [6, 6.07) is 9.05. The van der Waals surface area contributed by atoms with Gasteiger partial charge in [-0.25, -0.2) is 8.78 Å². The molecule has 0 fully saturated rings. The zero-order valence-corrected chi connectivity index (χ0v) is 9.48. The third-order valence-corrected chi connectivity index (χ3v) is 2.29. The number of nitrogens with two attached hydrogens (primary N) is 1. The molecule has 1 aromatic carbocycles. The van der Waals surface area contributed by atoms with Crippen molar-refractivity contribution in [3.8, 4) is 0 Å². The third kappa shape index (κ3) is 4.91. The first-order chi connectivity index (χ1) is 8.13. The Morgan fingerprint density at radius 2 is 1.94 bits per heavy atom. The number of carbonyl (C=O) groups excluding carboxylic acids is 1. The van der Waals surface area contributed by atoms with Crippen molar-refractivity contribution < 1.29 is 13.6 Å². The normalized spacial score (nSPS) is 10.6. The number of hydrogen-bond acceptors (Lipinski definition) is 2. The van der Waals surface area contributed by atoms with Gasteiger partial charge >= 0.3 is 0 Å². The standard InChI is InChI=1S/C12H16F2N2O/c13-11(14)9-16(12(17)6-7-15)8-10-4-2-1-3-5-10/h1-5,11H,6-9,15H2. The van der Waals surface area contributed by atoms with Crippen molar-refractivity contribution in [3.05, 3.63) is 35.9 Å². The van der Waals surface area contributed by atoms with Crippen LogP contribution in [0.4, 0.5) is 8.78 Å². The van der Waals surface area contributed by atoms with Crippen LogP contribution < -0.4 is 5.73 Å². The predicted molar refractivity (Wildman–Crippen MR) is 61.5 cm³/mol. The van der Waals surface area contributed by atoms with E-state index in [1.54, 1.807) is 12.1 Å². The molecule has 0 atom stereocenters.